The summed E-state index contributed by atoms with van der Waals surface area (Å²) >= 11 is 1.62. The van der Waals surface area contributed by atoms with Crippen LogP contribution in [0.25, 0.3) is 0 Å². The second kappa shape index (κ2) is 3.10. The first-order chi connectivity index (χ1) is 6.27. The number of anilines is 1. The zero-order valence-corrected chi connectivity index (χ0v) is 7.65. The molecule has 0 atom stereocenters. The molecule has 2 aromatic rings. The van der Waals surface area contributed by atoms with Crippen LogP contribution in [-0.2, 0) is 6.42 Å². The highest BCUT2D eigenvalue weighted by Crippen LogP contribution is 2.14. The zero-order valence-electron chi connectivity index (χ0n) is 6.83. The topological polar surface area (TPSA) is 74.7 Å². The number of thiophene rings is 1. The molecule has 13 heavy (non-hydrogen) atoms. The molecule has 2 aromatic heterocycles. The van der Waals surface area contributed by atoms with Crippen molar-refractivity contribution in [1.29, 1.82) is 0 Å². The van der Waals surface area contributed by atoms with E-state index in [1.54, 1.807) is 11.3 Å². The zero-order chi connectivity index (χ0) is 9.26. The molecule has 0 aromatic carbocycles. The van der Waals surface area contributed by atoms with Crippen LogP contribution in [-0.4, -0.2) is 10.2 Å². The summed E-state index contributed by atoms with van der Waals surface area (Å²) in [4.78, 5) is 12.3. The second-order valence-corrected chi connectivity index (χ2v) is 3.76. The monoisotopic (exact) mass is 195 g/mol. The average Bonchev–Trinajstić information content (AvgIpc) is 2.70. The van der Waals surface area contributed by atoms with Gasteiger partial charge in [0, 0.05) is 11.3 Å². The molecule has 0 aliphatic carbocycles. The average molecular weight is 195 g/mol. The van der Waals surface area contributed by atoms with Gasteiger partial charge >= 0.3 is 0 Å². The Labute approximate surface area is 78.4 Å². The van der Waals surface area contributed by atoms with Crippen molar-refractivity contribution in [2.75, 3.05) is 5.73 Å². The van der Waals surface area contributed by atoms with Gasteiger partial charge in [-0.05, 0) is 11.4 Å². The largest absolute Gasteiger partial charge is 0.384 e. The molecule has 0 bridgehead atoms. The van der Waals surface area contributed by atoms with Crippen molar-refractivity contribution in [1.82, 2.24) is 10.2 Å². The Morgan fingerprint density at radius 1 is 1.46 bits per heavy atom. The maximum absolute atomic E-state index is 11.2. The molecule has 2 heterocycles. The minimum Gasteiger partial charge on any atom is -0.384 e. The Kier molecular flexibility index (Phi) is 1.94. The van der Waals surface area contributed by atoms with Crippen LogP contribution in [0.4, 0.5) is 5.82 Å². The molecule has 0 radical (unpaired) electrons. The molecule has 2 rings (SSSR count). The molecule has 68 valence electrons. The van der Waals surface area contributed by atoms with Crippen molar-refractivity contribution < 1.29 is 0 Å². The number of aromatic amines is 2. The molecule has 0 saturated carbocycles. The number of aromatic nitrogens is 2. The van der Waals surface area contributed by atoms with Gasteiger partial charge in [-0.2, -0.15) is 0 Å². The minimum atomic E-state index is -0.133. The smallest absolute Gasteiger partial charge is 0.269 e. The Morgan fingerprint density at radius 2 is 2.31 bits per heavy atom. The van der Waals surface area contributed by atoms with Crippen LogP contribution in [0, 0.1) is 0 Å². The summed E-state index contributed by atoms with van der Waals surface area (Å²) in [6.45, 7) is 0. The summed E-state index contributed by atoms with van der Waals surface area (Å²) < 4.78 is 0. The highest BCUT2D eigenvalue weighted by molar-refractivity contribution is 7.09. The Bertz CT molecular complexity index is 440. The van der Waals surface area contributed by atoms with E-state index in [9.17, 15) is 4.79 Å². The van der Waals surface area contributed by atoms with Crippen molar-refractivity contribution in [3.05, 3.63) is 38.3 Å². The van der Waals surface area contributed by atoms with Crippen LogP contribution in [0.1, 0.15) is 10.4 Å². The first-order valence-corrected chi connectivity index (χ1v) is 4.72. The number of nitrogens with one attached hydrogen (secondary N) is 2. The normalized spacial score (nSPS) is 10.5. The lowest BCUT2D eigenvalue weighted by Crippen LogP contribution is -2.06. The first kappa shape index (κ1) is 8.12. The highest BCUT2D eigenvalue weighted by Gasteiger charge is 2.07. The maximum atomic E-state index is 11.2. The molecule has 0 fully saturated rings. The van der Waals surface area contributed by atoms with E-state index in [4.69, 9.17) is 5.73 Å². The summed E-state index contributed by atoms with van der Waals surface area (Å²) in [5.41, 5.74) is 6.06. The van der Waals surface area contributed by atoms with E-state index in [0.717, 1.165) is 4.88 Å². The van der Waals surface area contributed by atoms with Crippen LogP contribution in [0.2, 0.25) is 0 Å². The van der Waals surface area contributed by atoms with Crippen LogP contribution >= 0.6 is 11.3 Å². The summed E-state index contributed by atoms with van der Waals surface area (Å²) in [5, 5.41) is 7.02. The standard InChI is InChI=1S/C8H9N3OS/c9-7-6(8(12)11-10-7)4-5-2-1-3-13-5/h1-3H,4H2,(H4,9,10,11,12). The number of hydrogen-bond acceptors (Lipinski definition) is 3. The molecule has 0 aliphatic rings. The molecule has 0 amide bonds. The van der Waals surface area contributed by atoms with Gasteiger partial charge in [-0.25, -0.2) is 0 Å². The second-order valence-electron chi connectivity index (χ2n) is 2.73. The fourth-order valence-corrected chi connectivity index (χ4v) is 1.88. The van der Waals surface area contributed by atoms with Crippen LogP contribution in [0.15, 0.2) is 22.3 Å². The quantitative estimate of drug-likeness (QED) is 0.667. The van der Waals surface area contributed by atoms with Crippen molar-refractivity contribution in [3.8, 4) is 0 Å². The van der Waals surface area contributed by atoms with Gasteiger partial charge in [-0.15, -0.1) is 11.3 Å². The van der Waals surface area contributed by atoms with Crippen molar-refractivity contribution >= 4 is 17.2 Å². The van der Waals surface area contributed by atoms with Crippen molar-refractivity contribution in [2.45, 2.75) is 6.42 Å². The molecular weight excluding hydrogens is 186 g/mol. The summed E-state index contributed by atoms with van der Waals surface area (Å²) in [6.07, 6.45) is 0.600. The van der Waals surface area contributed by atoms with E-state index >= 15 is 0 Å². The molecular formula is C8H9N3OS. The number of rotatable bonds is 2. The predicted octanol–water partition coefficient (Wildman–Crippen LogP) is 0.937. The minimum absolute atomic E-state index is 0.133. The summed E-state index contributed by atoms with van der Waals surface area (Å²) in [5.74, 6) is 0.429. The summed E-state index contributed by atoms with van der Waals surface area (Å²) in [6, 6.07) is 3.94. The molecule has 0 unspecified atom stereocenters. The van der Waals surface area contributed by atoms with Gasteiger partial charge in [0.15, 0.2) is 0 Å². The third kappa shape index (κ3) is 1.50. The van der Waals surface area contributed by atoms with E-state index in [2.05, 4.69) is 10.2 Å². The lowest BCUT2D eigenvalue weighted by atomic mass is 10.2. The number of nitrogens with two attached hydrogens (primary N) is 1. The molecule has 4 N–H and O–H groups in total. The van der Waals surface area contributed by atoms with E-state index < -0.39 is 0 Å². The molecule has 0 aliphatic heterocycles. The molecule has 0 saturated heterocycles. The molecule has 5 heteroatoms. The SMILES string of the molecule is Nc1[nH][nH]c(=O)c1Cc1cccs1. The number of H-pyrrole nitrogens is 2. The Morgan fingerprint density at radius 3 is 2.85 bits per heavy atom. The summed E-state index contributed by atoms with van der Waals surface area (Å²) in [7, 11) is 0. The van der Waals surface area contributed by atoms with E-state index in [-0.39, 0.29) is 5.56 Å². The fourth-order valence-electron chi connectivity index (χ4n) is 1.16. The molecule has 4 nitrogen and oxygen atoms in total. The van der Waals surface area contributed by atoms with Crippen LogP contribution < -0.4 is 11.3 Å². The maximum Gasteiger partial charge on any atom is 0.269 e. The van der Waals surface area contributed by atoms with Gasteiger partial charge in [-0.1, -0.05) is 6.07 Å². The van der Waals surface area contributed by atoms with E-state index in [0.29, 0.717) is 17.8 Å². The van der Waals surface area contributed by atoms with Crippen LogP contribution in [0.3, 0.4) is 0 Å². The third-order valence-corrected chi connectivity index (χ3v) is 2.72. The van der Waals surface area contributed by atoms with Crippen LogP contribution in [0.5, 0.6) is 0 Å². The van der Waals surface area contributed by atoms with E-state index in [1.807, 2.05) is 17.5 Å². The molecule has 0 spiro atoms. The van der Waals surface area contributed by atoms with Gasteiger partial charge < -0.3 is 5.73 Å². The van der Waals surface area contributed by atoms with E-state index in [1.165, 1.54) is 0 Å². The van der Waals surface area contributed by atoms with Gasteiger partial charge in [0.25, 0.3) is 5.56 Å². The fraction of sp³-hybridized carbons (Fsp3) is 0.125. The van der Waals surface area contributed by atoms with Gasteiger partial charge in [0.1, 0.15) is 5.82 Å². The Balaban J connectivity index is 2.33. The number of hydrogen-bond donors (Lipinski definition) is 3. The van der Waals surface area contributed by atoms with Gasteiger partial charge in [-0.3, -0.25) is 15.0 Å². The highest BCUT2D eigenvalue weighted by atomic mass is 32.1. The lowest BCUT2D eigenvalue weighted by Gasteiger charge is -1.93. The van der Waals surface area contributed by atoms with Gasteiger partial charge in [0.05, 0.1) is 5.56 Å². The Hall–Kier alpha value is -1.49. The van der Waals surface area contributed by atoms with Gasteiger partial charge in [0.2, 0.25) is 0 Å². The first-order valence-electron chi connectivity index (χ1n) is 3.85. The lowest BCUT2D eigenvalue weighted by molar-refractivity contribution is 1.06. The predicted molar refractivity (Wildman–Crippen MR) is 53.0 cm³/mol. The van der Waals surface area contributed by atoms with Crippen molar-refractivity contribution in [3.63, 3.8) is 0 Å². The third-order valence-electron chi connectivity index (χ3n) is 1.84. The van der Waals surface area contributed by atoms with Crippen molar-refractivity contribution in [2.24, 2.45) is 0 Å². The number of nitrogen functional groups attached to an aromatic ring is 1.